The molecule has 0 bridgehead atoms. The zero-order valence-electron chi connectivity index (χ0n) is 17.7. The van der Waals surface area contributed by atoms with E-state index in [1.165, 1.54) is 0 Å². The van der Waals surface area contributed by atoms with E-state index in [9.17, 15) is 23.1 Å². The van der Waals surface area contributed by atoms with Gasteiger partial charge in [0.15, 0.2) is 0 Å². The number of hydrogen-bond acceptors (Lipinski definition) is 2. The van der Waals surface area contributed by atoms with Gasteiger partial charge in [0.1, 0.15) is 0 Å². The van der Waals surface area contributed by atoms with Gasteiger partial charge >= 0.3 is 6.18 Å². The van der Waals surface area contributed by atoms with E-state index in [0.29, 0.717) is 12.0 Å². The standard InChI is InChI=1S/C24H30F3NO2/c1-4-5-7-20(23(30)28-15-16(2)29)14-19-8-6-9-22(17(19)3)18-10-12-21(13-11-18)24(25,26)27/h5-10,14,16,21,29H,4,11-13,15H2,1-3H3,(H,28,30)/b7-5+,20-14+/t16-,21?/m0/s1. The van der Waals surface area contributed by atoms with Crippen LogP contribution in [-0.4, -0.2) is 29.8 Å². The fourth-order valence-corrected chi connectivity index (χ4v) is 3.48. The smallest absolute Gasteiger partial charge is 0.392 e. The second-order valence-corrected chi connectivity index (χ2v) is 7.73. The van der Waals surface area contributed by atoms with E-state index in [1.807, 2.05) is 38.1 Å². The van der Waals surface area contributed by atoms with Crippen LogP contribution >= 0.6 is 0 Å². The maximum Gasteiger partial charge on any atom is 0.392 e. The van der Waals surface area contributed by atoms with Gasteiger partial charge in [0, 0.05) is 12.1 Å². The molecule has 0 aliphatic heterocycles. The third-order valence-corrected chi connectivity index (χ3v) is 5.26. The van der Waals surface area contributed by atoms with E-state index < -0.39 is 18.2 Å². The topological polar surface area (TPSA) is 49.3 Å². The van der Waals surface area contributed by atoms with Crippen LogP contribution in [0.2, 0.25) is 0 Å². The van der Waals surface area contributed by atoms with Gasteiger partial charge in [0.05, 0.1) is 12.0 Å². The number of alkyl halides is 3. The quantitative estimate of drug-likeness (QED) is 0.446. The number of halogens is 3. The molecule has 6 heteroatoms. The molecule has 0 aromatic heterocycles. The highest BCUT2D eigenvalue weighted by molar-refractivity contribution is 6.01. The molecule has 1 aromatic carbocycles. The molecule has 164 valence electrons. The number of carbonyl (C=O) groups is 1. The predicted octanol–water partition coefficient (Wildman–Crippen LogP) is 5.59. The lowest BCUT2D eigenvalue weighted by Crippen LogP contribution is -2.31. The van der Waals surface area contributed by atoms with Crippen molar-refractivity contribution >= 4 is 17.6 Å². The van der Waals surface area contributed by atoms with Gasteiger partial charge in [0.2, 0.25) is 0 Å². The molecule has 0 saturated heterocycles. The van der Waals surface area contributed by atoms with Crippen molar-refractivity contribution in [2.24, 2.45) is 5.92 Å². The normalized spacial score (nSPS) is 19.0. The average Bonchev–Trinajstić information content (AvgIpc) is 2.70. The molecule has 1 aromatic rings. The Morgan fingerprint density at radius 1 is 1.37 bits per heavy atom. The summed E-state index contributed by atoms with van der Waals surface area (Å²) in [5.41, 5.74) is 4.08. The van der Waals surface area contributed by atoms with E-state index in [1.54, 1.807) is 25.2 Å². The average molecular weight is 422 g/mol. The maximum absolute atomic E-state index is 13.0. The van der Waals surface area contributed by atoms with E-state index in [4.69, 9.17) is 0 Å². The highest BCUT2D eigenvalue weighted by atomic mass is 19.4. The molecule has 1 unspecified atom stereocenters. The summed E-state index contributed by atoms with van der Waals surface area (Å²) in [6, 6.07) is 5.67. The Hall–Kier alpha value is -2.34. The van der Waals surface area contributed by atoms with Crippen LogP contribution in [0.4, 0.5) is 13.2 Å². The third kappa shape index (κ3) is 6.59. The van der Waals surface area contributed by atoms with Crippen LogP contribution in [-0.2, 0) is 4.79 Å². The van der Waals surface area contributed by atoms with Crippen LogP contribution in [0, 0.1) is 12.8 Å². The second kappa shape index (κ2) is 10.6. The van der Waals surface area contributed by atoms with Gasteiger partial charge in [-0.25, -0.2) is 0 Å². The number of hydrogen-bond donors (Lipinski definition) is 2. The molecule has 1 aliphatic rings. The van der Waals surface area contributed by atoms with Crippen molar-refractivity contribution in [1.29, 1.82) is 0 Å². The fourth-order valence-electron chi connectivity index (χ4n) is 3.48. The summed E-state index contributed by atoms with van der Waals surface area (Å²) in [7, 11) is 0. The van der Waals surface area contributed by atoms with Gasteiger partial charge in [-0.05, 0) is 67.9 Å². The molecule has 0 radical (unpaired) electrons. The van der Waals surface area contributed by atoms with Gasteiger partial charge in [-0.1, -0.05) is 43.4 Å². The van der Waals surface area contributed by atoms with Gasteiger partial charge < -0.3 is 10.4 Å². The van der Waals surface area contributed by atoms with E-state index in [-0.39, 0.29) is 25.3 Å². The van der Waals surface area contributed by atoms with Gasteiger partial charge in [-0.2, -0.15) is 13.2 Å². The molecule has 2 atom stereocenters. The molecule has 2 rings (SSSR count). The van der Waals surface area contributed by atoms with Gasteiger partial charge in [-0.3, -0.25) is 4.79 Å². The lowest BCUT2D eigenvalue weighted by molar-refractivity contribution is -0.175. The molecule has 1 aliphatic carbocycles. The lowest BCUT2D eigenvalue weighted by atomic mass is 9.84. The lowest BCUT2D eigenvalue weighted by Gasteiger charge is -2.25. The monoisotopic (exact) mass is 421 g/mol. The molecule has 30 heavy (non-hydrogen) atoms. The van der Waals surface area contributed by atoms with Gasteiger partial charge in [-0.15, -0.1) is 0 Å². The van der Waals surface area contributed by atoms with Crippen molar-refractivity contribution in [2.45, 2.75) is 58.7 Å². The van der Waals surface area contributed by atoms with Crippen molar-refractivity contribution < 1.29 is 23.1 Å². The maximum atomic E-state index is 13.0. The first kappa shape index (κ1) is 23.9. The summed E-state index contributed by atoms with van der Waals surface area (Å²) in [5.74, 6) is -1.55. The molecule has 3 nitrogen and oxygen atoms in total. The number of nitrogens with one attached hydrogen (secondary N) is 1. The minimum Gasteiger partial charge on any atom is -0.392 e. The number of aliphatic hydroxyl groups excluding tert-OH is 1. The summed E-state index contributed by atoms with van der Waals surface area (Å²) in [6.45, 7) is 5.65. The highest BCUT2D eigenvalue weighted by Gasteiger charge is 2.39. The number of aliphatic hydroxyl groups is 1. The molecule has 2 N–H and O–H groups in total. The van der Waals surface area contributed by atoms with Crippen LogP contribution < -0.4 is 5.32 Å². The Bertz CT molecular complexity index is 835. The molecular weight excluding hydrogens is 391 g/mol. The Morgan fingerprint density at radius 2 is 2.10 bits per heavy atom. The first-order chi connectivity index (χ1) is 14.1. The number of benzene rings is 1. The number of rotatable bonds is 7. The van der Waals surface area contributed by atoms with E-state index in [0.717, 1.165) is 28.7 Å². The van der Waals surface area contributed by atoms with Crippen molar-refractivity contribution in [2.75, 3.05) is 6.54 Å². The predicted molar refractivity (Wildman–Crippen MR) is 115 cm³/mol. The molecule has 0 saturated carbocycles. The Morgan fingerprint density at radius 3 is 2.67 bits per heavy atom. The fraction of sp³-hybridized carbons (Fsp3) is 0.458. The highest BCUT2D eigenvalue weighted by Crippen LogP contribution is 2.40. The van der Waals surface area contributed by atoms with Gasteiger partial charge in [0.25, 0.3) is 5.91 Å². The second-order valence-electron chi connectivity index (χ2n) is 7.73. The molecule has 1 amide bonds. The zero-order chi connectivity index (χ0) is 22.3. The van der Waals surface area contributed by atoms with Crippen LogP contribution in [0.3, 0.4) is 0 Å². The van der Waals surface area contributed by atoms with Crippen LogP contribution in [0.15, 0.2) is 42.0 Å². The van der Waals surface area contributed by atoms with Crippen molar-refractivity contribution in [3.8, 4) is 0 Å². The molecule has 0 fully saturated rings. The van der Waals surface area contributed by atoms with Crippen LogP contribution in [0.25, 0.3) is 11.6 Å². The SMILES string of the molecule is CC/C=C/C(=C\c1cccc(C2=CCC(C(F)(F)F)CC2)c1C)C(=O)NC[C@H](C)O. The Labute approximate surface area is 176 Å². The number of carbonyl (C=O) groups excluding carboxylic acids is 1. The molecular formula is C24H30F3NO2. The summed E-state index contributed by atoms with van der Waals surface area (Å²) >= 11 is 0. The zero-order valence-corrected chi connectivity index (χ0v) is 17.7. The van der Waals surface area contributed by atoms with Crippen LogP contribution in [0.1, 0.15) is 56.2 Å². The third-order valence-electron chi connectivity index (χ3n) is 5.26. The minimum absolute atomic E-state index is 0.00454. The molecule has 0 heterocycles. The Balaban J connectivity index is 2.32. The van der Waals surface area contributed by atoms with E-state index in [2.05, 4.69) is 5.32 Å². The molecule has 0 spiro atoms. The van der Waals surface area contributed by atoms with E-state index >= 15 is 0 Å². The summed E-state index contributed by atoms with van der Waals surface area (Å²) in [4.78, 5) is 12.5. The number of amides is 1. The van der Waals surface area contributed by atoms with Crippen molar-refractivity contribution in [3.05, 3.63) is 58.7 Å². The minimum atomic E-state index is -4.15. The summed E-state index contributed by atoms with van der Waals surface area (Å²) in [5, 5.41) is 12.1. The first-order valence-electron chi connectivity index (χ1n) is 10.3. The Kier molecular flexibility index (Phi) is 8.47. The first-order valence-corrected chi connectivity index (χ1v) is 10.3. The van der Waals surface area contributed by atoms with Crippen molar-refractivity contribution in [1.82, 2.24) is 5.32 Å². The number of allylic oxidation sites excluding steroid dienone is 3. The largest absolute Gasteiger partial charge is 0.392 e. The summed E-state index contributed by atoms with van der Waals surface area (Å²) < 4.78 is 38.9. The van der Waals surface area contributed by atoms with Crippen LogP contribution in [0.5, 0.6) is 0 Å². The van der Waals surface area contributed by atoms with Crippen molar-refractivity contribution in [3.63, 3.8) is 0 Å². The summed E-state index contributed by atoms with van der Waals surface area (Å²) in [6.07, 6.45) is 3.57.